The molecule has 0 spiro atoms. The first-order chi connectivity index (χ1) is 7.68. The molecule has 1 heterocycles. The molecule has 0 aromatic heterocycles. The van der Waals surface area contributed by atoms with Gasteiger partial charge >= 0.3 is 6.03 Å². The summed E-state index contributed by atoms with van der Waals surface area (Å²) in [4.78, 5) is 13.4. The summed E-state index contributed by atoms with van der Waals surface area (Å²) >= 11 is 0. The van der Waals surface area contributed by atoms with Gasteiger partial charge in [-0.3, -0.25) is 0 Å². The van der Waals surface area contributed by atoms with E-state index in [9.17, 15) is 9.18 Å². The van der Waals surface area contributed by atoms with Gasteiger partial charge in [0.15, 0.2) is 0 Å². The fourth-order valence-corrected chi connectivity index (χ4v) is 1.94. The summed E-state index contributed by atoms with van der Waals surface area (Å²) in [6, 6.07) is 6.24. The van der Waals surface area contributed by atoms with Crippen LogP contribution in [0.2, 0.25) is 0 Å². The van der Waals surface area contributed by atoms with Crippen LogP contribution in [0.15, 0.2) is 24.3 Å². The SMILES string of the molecule is CC(c1ccc(F)cc1)N1CCCNC1=O. The molecule has 0 bridgehead atoms. The Hall–Kier alpha value is -1.58. The zero-order chi connectivity index (χ0) is 11.5. The van der Waals surface area contributed by atoms with Gasteiger partial charge in [-0.1, -0.05) is 12.1 Å². The van der Waals surface area contributed by atoms with E-state index in [1.54, 1.807) is 17.0 Å². The van der Waals surface area contributed by atoms with E-state index in [1.165, 1.54) is 12.1 Å². The lowest BCUT2D eigenvalue weighted by molar-refractivity contribution is 0.166. The third-order valence-corrected chi connectivity index (χ3v) is 2.93. The Morgan fingerprint density at radius 2 is 2.06 bits per heavy atom. The topological polar surface area (TPSA) is 32.3 Å². The summed E-state index contributed by atoms with van der Waals surface area (Å²) in [5.41, 5.74) is 0.957. The van der Waals surface area contributed by atoms with Crippen LogP contribution in [0.25, 0.3) is 0 Å². The monoisotopic (exact) mass is 222 g/mol. The van der Waals surface area contributed by atoms with E-state index in [4.69, 9.17) is 0 Å². The average molecular weight is 222 g/mol. The van der Waals surface area contributed by atoms with Crippen LogP contribution in [-0.4, -0.2) is 24.0 Å². The Morgan fingerprint density at radius 1 is 1.38 bits per heavy atom. The van der Waals surface area contributed by atoms with Gasteiger partial charge in [0.2, 0.25) is 0 Å². The first-order valence-electron chi connectivity index (χ1n) is 5.48. The van der Waals surface area contributed by atoms with Crippen molar-refractivity contribution in [1.82, 2.24) is 10.2 Å². The fourth-order valence-electron chi connectivity index (χ4n) is 1.94. The van der Waals surface area contributed by atoms with Gasteiger partial charge in [0.25, 0.3) is 0 Å². The van der Waals surface area contributed by atoms with Gasteiger partial charge in [-0.2, -0.15) is 0 Å². The number of carbonyl (C=O) groups is 1. The molecular formula is C12H15FN2O. The molecule has 0 saturated carbocycles. The maximum Gasteiger partial charge on any atom is 0.317 e. The number of rotatable bonds is 2. The first-order valence-corrected chi connectivity index (χ1v) is 5.48. The zero-order valence-corrected chi connectivity index (χ0v) is 9.24. The molecule has 0 aliphatic carbocycles. The molecule has 1 saturated heterocycles. The third kappa shape index (κ3) is 2.15. The number of urea groups is 1. The minimum absolute atomic E-state index is 0.0131. The highest BCUT2D eigenvalue weighted by atomic mass is 19.1. The molecule has 16 heavy (non-hydrogen) atoms. The molecule has 1 aromatic rings. The van der Waals surface area contributed by atoms with Crippen molar-refractivity contribution in [2.75, 3.05) is 13.1 Å². The van der Waals surface area contributed by atoms with E-state index in [1.807, 2.05) is 6.92 Å². The number of nitrogens with one attached hydrogen (secondary N) is 1. The number of amides is 2. The number of carbonyl (C=O) groups excluding carboxylic acids is 1. The van der Waals surface area contributed by atoms with Crippen molar-refractivity contribution in [3.05, 3.63) is 35.6 Å². The van der Waals surface area contributed by atoms with Crippen LogP contribution in [0.1, 0.15) is 24.9 Å². The quantitative estimate of drug-likeness (QED) is 0.818. The third-order valence-electron chi connectivity index (χ3n) is 2.93. The van der Waals surface area contributed by atoms with Crippen molar-refractivity contribution in [3.63, 3.8) is 0 Å². The molecule has 1 aromatic carbocycles. The lowest BCUT2D eigenvalue weighted by Crippen LogP contribution is -2.47. The molecule has 2 amide bonds. The molecule has 4 heteroatoms. The van der Waals surface area contributed by atoms with Crippen LogP contribution in [-0.2, 0) is 0 Å². The molecule has 1 aliphatic heterocycles. The Morgan fingerprint density at radius 3 is 2.69 bits per heavy atom. The van der Waals surface area contributed by atoms with Crippen molar-refractivity contribution in [3.8, 4) is 0 Å². The van der Waals surface area contributed by atoms with Gasteiger partial charge in [0.1, 0.15) is 5.82 Å². The molecule has 1 N–H and O–H groups in total. The van der Waals surface area contributed by atoms with E-state index in [0.29, 0.717) is 0 Å². The van der Waals surface area contributed by atoms with Crippen molar-refractivity contribution in [2.45, 2.75) is 19.4 Å². The second-order valence-electron chi connectivity index (χ2n) is 4.01. The molecule has 1 atom stereocenters. The van der Waals surface area contributed by atoms with Gasteiger partial charge in [0, 0.05) is 13.1 Å². The van der Waals surface area contributed by atoms with Crippen molar-refractivity contribution in [1.29, 1.82) is 0 Å². The van der Waals surface area contributed by atoms with Gasteiger partial charge in [0.05, 0.1) is 6.04 Å². The van der Waals surface area contributed by atoms with Crippen LogP contribution < -0.4 is 5.32 Å². The maximum absolute atomic E-state index is 12.8. The van der Waals surface area contributed by atoms with Crippen LogP contribution in [0.4, 0.5) is 9.18 Å². The molecule has 3 nitrogen and oxygen atoms in total. The van der Waals surface area contributed by atoms with Crippen molar-refractivity contribution >= 4 is 6.03 Å². The Labute approximate surface area is 94.3 Å². The van der Waals surface area contributed by atoms with Crippen molar-refractivity contribution in [2.24, 2.45) is 0 Å². The fraction of sp³-hybridized carbons (Fsp3) is 0.417. The smallest absolute Gasteiger partial charge is 0.317 e. The van der Waals surface area contributed by atoms with Crippen molar-refractivity contribution < 1.29 is 9.18 Å². The summed E-state index contributed by atoms with van der Waals surface area (Å²) in [5, 5.41) is 2.81. The first kappa shape index (κ1) is 10.9. The lowest BCUT2D eigenvalue weighted by Gasteiger charge is -2.33. The predicted octanol–water partition coefficient (Wildman–Crippen LogP) is 2.30. The Kier molecular flexibility index (Phi) is 3.08. The highest BCUT2D eigenvalue weighted by Gasteiger charge is 2.23. The molecule has 1 fully saturated rings. The second kappa shape index (κ2) is 4.51. The van der Waals surface area contributed by atoms with E-state index >= 15 is 0 Å². The summed E-state index contributed by atoms with van der Waals surface area (Å²) in [6.07, 6.45) is 0.956. The molecule has 1 aliphatic rings. The van der Waals surface area contributed by atoms with E-state index in [-0.39, 0.29) is 17.9 Å². The molecule has 0 radical (unpaired) electrons. The van der Waals surface area contributed by atoms with Gasteiger partial charge in [-0.05, 0) is 31.0 Å². The highest BCUT2D eigenvalue weighted by Crippen LogP contribution is 2.21. The minimum atomic E-state index is -0.251. The summed E-state index contributed by atoms with van der Waals surface area (Å²) in [6.45, 7) is 3.45. The van der Waals surface area contributed by atoms with Crippen LogP contribution in [0.5, 0.6) is 0 Å². The van der Waals surface area contributed by atoms with E-state index in [2.05, 4.69) is 5.32 Å². The van der Waals surface area contributed by atoms with Crippen LogP contribution in [0.3, 0.4) is 0 Å². The van der Waals surface area contributed by atoms with Gasteiger partial charge < -0.3 is 10.2 Å². The predicted molar refractivity (Wildman–Crippen MR) is 59.5 cm³/mol. The molecule has 1 unspecified atom stereocenters. The number of benzene rings is 1. The number of hydrogen-bond donors (Lipinski definition) is 1. The molecule has 86 valence electrons. The number of hydrogen-bond acceptors (Lipinski definition) is 1. The average Bonchev–Trinajstić information content (AvgIpc) is 2.30. The normalized spacial score (nSPS) is 18.1. The largest absolute Gasteiger partial charge is 0.338 e. The van der Waals surface area contributed by atoms with Crippen LogP contribution >= 0.6 is 0 Å². The van der Waals surface area contributed by atoms with E-state index < -0.39 is 0 Å². The summed E-state index contributed by atoms with van der Waals surface area (Å²) in [5.74, 6) is -0.251. The van der Waals surface area contributed by atoms with Gasteiger partial charge in [-0.25, -0.2) is 9.18 Å². The Balaban J connectivity index is 2.14. The zero-order valence-electron chi connectivity index (χ0n) is 9.24. The Bertz CT molecular complexity index is 377. The highest BCUT2D eigenvalue weighted by molar-refractivity contribution is 5.75. The number of halogens is 1. The lowest BCUT2D eigenvalue weighted by atomic mass is 10.1. The second-order valence-corrected chi connectivity index (χ2v) is 4.01. The van der Waals surface area contributed by atoms with E-state index in [0.717, 1.165) is 25.1 Å². The summed E-state index contributed by atoms with van der Waals surface area (Å²) < 4.78 is 12.8. The van der Waals surface area contributed by atoms with Gasteiger partial charge in [-0.15, -0.1) is 0 Å². The molecule has 2 rings (SSSR count). The minimum Gasteiger partial charge on any atom is -0.338 e. The maximum atomic E-state index is 12.8. The number of nitrogens with zero attached hydrogens (tertiary/aromatic N) is 1. The standard InChI is InChI=1S/C12H15FN2O/c1-9(10-3-5-11(13)6-4-10)15-8-2-7-14-12(15)16/h3-6,9H,2,7-8H2,1H3,(H,14,16). The van der Waals surface area contributed by atoms with Crippen LogP contribution in [0, 0.1) is 5.82 Å². The summed E-state index contributed by atoms with van der Waals surface area (Å²) in [7, 11) is 0. The molecular weight excluding hydrogens is 207 g/mol.